The van der Waals surface area contributed by atoms with Gasteiger partial charge in [-0.25, -0.2) is 4.98 Å². The molecule has 1 aromatic carbocycles. The number of benzene rings is 1. The first-order valence-electron chi connectivity index (χ1n) is 9.49. The predicted octanol–water partition coefficient (Wildman–Crippen LogP) is 3.49. The molecule has 152 valence electrons. The Kier molecular flexibility index (Phi) is 6.84. The number of likely N-dealkylation sites (N-methyl/N-ethyl adjacent to an activating group) is 1. The first-order valence-corrected chi connectivity index (χ1v) is 9.49. The Morgan fingerprint density at radius 3 is 2.41 bits per heavy atom. The Morgan fingerprint density at radius 1 is 0.931 bits per heavy atom. The minimum Gasteiger partial charge on any atom is -0.493 e. The summed E-state index contributed by atoms with van der Waals surface area (Å²) in [6.07, 6.45) is 4.54. The van der Waals surface area contributed by atoms with Crippen molar-refractivity contribution in [2.75, 3.05) is 38.0 Å². The van der Waals surface area contributed by atoms with Crippen LogP contribution in [-0.2, 0) is 13.0 Å². The third kappa shape index (κ3) is 5.57. The first kappa shape index (κ1) is 20.4. The van der Waals surface area contributed by atoms with Crippen molar-refractivity contribution in [1.29, 1.82) is 0 Å². The second-order valence-corrected chi connectivity index (χ2v) is 6.76. The third-order valence-electron chi connectivity index (χ3n) is 4.59. The molecule has 1 N–H and O–H groups in total. The Bertz CT molecular complexity index is 934. The van der Waals surface area contributed by atoms with Crippen LogP contribution in [0.25, 0.3) is 0 Å². The van der Waals surface area contributed by atoms with E-state index in [2.05, 4.69) is 25.2 Å². The van der Waals surface area contributed by atoms with Crippen LogP contribution < -0.4 is 19.7 Å². The SMILES string of the molecule is COc1ccc(CNc2cc(C)nc(N(C)CCc3ccncc3)n2)cc1OC. The molecule has 7 heteroatoms. The molecule has 0 aliphatic carbocycles. The summed E-state index contributed by atoms with van der Waals surface area (Å²) in [4.78, 5) is 15.4. The fourth-order valence-electron chi connectivity index (χ4n) is 2.94. The van der Waals surface area contributed by atoms with E-state index >= 15 is 0 Å². The summed E-state index contributed by atoms with van der Waals surface area (Å²) < 4.78 is 10.7. The molecule has 0 unspecified atom stereocenters. The summed E-state index contributed by atoms with van der Waals surface area (Å²) in [5, 5.41) is 3.38. The van der Waals surface area contributed by atoms with Gasteiger partial charge in [0.15, 0.2) is 11.5 Å². The molecule has 0 spiro atoms. The van der Waals surface area contributed by atoms with Gasteiger partial charge in [-0.3, -0.25) is 4.98 Å². The van der Waals surface area contributed by atoms with E-state index in [1.807, 2.05) is 62.8 Å². The zero-order valence-electron chi connectivity index (χ0n) is 17.3. The van der Waals surface area contributed by atoms with Crippen LogP contribution in [0.3, 0.4) is 0 Å². The molecular formula is C22H27N5O2. The van der Waals surface area contributed by atoms with Crippen molar-refractivity contribution in [1.82, 2.24) is 15.0 Å². The predicted molar refractivity (Wildman–Crippen MR) is 115 cm³/mol. The van der Waals surface area contributed by atoms with Crippen LogP contribution in [0.2, 0.25) is 0 Å². The normalized spacial score (nSPS) is 10.5. The topological polar surface area (TPSA) is 72.4 Å². The number of methoxy groups -OCH3 is 2. The number of anilines is 2. The van der Waals surface area contributed by atoms with Gasteiger partial charge in [0.25, 0.3) is 0 Å². The highest BCUT2D eigenvalue weighted by Crippen LogP contribution is 2.27. The fourth-order valence-corrected chi connectivity index (χ4v) is 2.94. The van der Waals surface area contributed by atoms with Crippen molar-refractivity contribution < 1.29 is 9.47 Å². The van der Waals surface area contributed by atoms with Crippen molar-refractivity contribution in [3.8, 4) is 11.5 Å². The van der Waals surface area contributed by atoms with Gasteiger partial charge < -0.3 is 19.7 Å². The van der Waals surface area contributed by atoms with Crippen molar-refractivity contribution in [2.45, 2.75) is 19.9 Å². The number of hydrogen-bond donors (Lipinski definition) is 1. The Labute approximate surface area is 171 Å². The summed E-state index contributed by atoms with van der Waals surface area (Å²) in [5.41, 5.74) is 3.23. The lowest BCUT2D eigenvalue weighted by Crippen LogP contribution is -2.23. The van der Waals surface area contributed by atoms with Gasteiger partial charge in [0, 0.05) is 44.3 Å². The standard InChI is InChI=1S/C22H27N5O2/c1-16-13-21(24-15-18-5-6-19(28-3)20(14-18)29-4)26-22(25-16)27(2)12-9-17-7-10-23-11-8-17/h5-8,10-11,13-14H,9,12,15H2,1-4H3,(H,24,25,26). The van der Waals surface area contributed by atoms with Gasteiger partial charge in [0.1, 0.15) is 5.82 Å². The van der Waals surface area contributed by atoms with E-state index in [4.69, 9.17) is 9.47 Å². The highest BCUT2D eigenvalue weighted by molar-refractivity contribution is 5.46. The fraction of sp³-hybridized carbons (Fsp3) is 0.318. The quantitative estimate of drug-likeness (QED) is 0.597. The molecule has 2 aromatic heterocycles. The van der Waals surface area contributed by atoms with Crippen molar-refractivity contribution in [3.63, 3.8) is 0 Å². The van der Waals surface area contributed by atoms with Crippen LogP contribution in [0, 0.1) is 6.92 Å². The van der Waals surface area contributed by atoms with E-state index in [0.29, 0.717) is 24.0 Å². The van der Waals surface area contributed by atoms with Gasteiger partial charge in [0.2, 0.25) is 5.95 Å². The minimum absolute atomic E-state index is 0.622. The second-order valence-electron chi connectivity index (χ2n) is 6.76. The number of ether oxygens (including phenoxy) is 2. The Balaban J connectivity index is 1.65. The van der Waals surface area contributed by atoms with Gasteiger partial charge in [-0.15, -0.1) is 0 Å². The molecule has 2 heterocycles. The molecule has 0 radical (unpaired) electrons. The van der Waals surface area contributed by atoms with E-state index in [1.54, 1.807) is 14.2 Å². The Hall–Kier alpha value is -3.35. The van der Waals surface area contributed by atoms with Crippen molar-refractivity contribution in [2.24, 2.45) is 0 Å². The van der Waals surface area contributed by atoms with Crippen LogP contribution >= 0.6 is 0 Å². The second kappa shape index (κ2) is 9.73. The average molecular weight is 393 g/mol. The number of aromatic nitrogens is 3. The van der Waals surface area contributed by atoms with Crippen LogP contribution in [0.4, 0.5) is 11.8 Å². The number of nitrogens with zero attached hydrogens (tertiary/aromatic N) is 4. The molecule has 3 aromatic rings. The Morgan fingerprint density at radius 2 is 1.69 bits per heavy atom. The molecule has 7 nitrogen and oxygen atoms in total. The van der Waals surface area contributed by atoms with E-state index in [-0.39, 0.29) is 0 Å². The van der Waals surface area contributed by atoms with E-state index < -0.39 is 0 Å². The maximum absolute atomic E-state index is 5.37. The number of pyridine rings is 1. The molecule has 0 saturated heterocycles. The molecule has 0 amide bonds. The zero-order chi connectivity index (χ0) is 20.6. The van der Waals surface area contributed by atoms with Crippen LogP contribution in [0.1, 0.15) is 16.8 Å². The monoisotopic (exact) mass is 393 g/mol. The number of nitrogens with one attached hydrogen (secondary N) is 1. The third-order valence-corrected chi connectivity index (χ3v) is 4.59. The summed E-state index contributed by atoms with van der Waals surface area (Å²) in [5.74, 6) is 2.92. The maximum atomic E-state index is 5.37. The van der Waals surface area contributed by atoms with Gasteiger partial charge in [-0.1, -0.05) is 6.07 Å². The van der Waals surface area contributed by atoms with Crippen molar-refractivity contribution >= 4 is 11.8 Å². The van der Waals surface area contributed by atoms with E-state index in [9.17, 15) is 0 Å². The molecule has 0 aliphatic heterocycles. The summed E-state index contributed by atoms with van der Waals surface area (Å²) >= 11 is 0. The summed E-state index contributed by atoms with van der Waals surface area (Å²) in [6, 6.07) is 11.9. The average Bonchev–Trinajstić information content (AvgIpc) is 2.76. The molecule has 29 heavy (non-hydrogen) atoms. The van der Waals surface area contributed by atoms with Gasteiger partial charge in [-0.2, -0.15) is 4.98 Å². The number of hydrogen-bond acceptors (Lipinski definition) is 7. The molecule has 0 saturated carbocycles. The van der Waals surface area contributed by atoms with Crippen molar-refractivity contribution in [3.05, 3.63) is 65.6 Å². The molecule has 3 rings (SSSR count). The lowest BCUT2D eigenvalue weighted by atomic mass is 10.2. The van der Waals surface area contributed by atoms with Gasteiger partial charge in [0.05, 0.1) is 14.2 Å². The van der Waals surface area contributed by atoms with E-state index in [1.165, 1.54) is 5.56 Å². The van der Waals surface area contributed by atoms with Gasteiger partial charge in [-0.05, 0) is 48.7 Å². The first-order chi connectivity index (χ1) is 14.1. The summed E-state index contributed by atoms with van der Waals surface area (Å²) in [7, 11) is 5.27. The number of rotatable bonds is 9. The smallest absolute Gasteiger partial charge is 0.227 e. The van der Waals surface area contributed by atoms with Crippen LogP contribution in [0.15, 0.2) is 48.8 Å². The molecule has 0 aliphatic rings. The van der Waals surface area contributed by atoms with Crippen LogP contribution in [-0.4, -0.2) is 42.8 Å². The lowest BCUT2D eigenvalue weighted by Gasteiger charge is -2.18. The minimum atomic E-state index is 0.622. The molecule has 0 fully saturated rings. The highest BCUT2D eigenvalue weighted by atomic mass is 16.5. The van der Waals surface area contributed by atoms with Crippen LogP contribution in [0.5, 0.6) is 11.5 Å². The number of aryl methyl sites for hydroxylation is 1. The van der Waals surface area contributed by atoms with Gasteiger partial charge >= 0.3 is 0 Å². The molecular weight excluding hydrogens is 366 g/mol. The molecule has 0 atom stereocenters. The zero-order valence-corrected chi connectivity index (χ0v) is 17.3. The molecule has 0 bridgehead atoms. The maximum Gasteiger partial charge on any atom is 0.227 e. The lowest BCUT2D eigenvalue weighted by molar-refractivity contribution is 0.354. The summed E-state index contributed by atoms with van der Waals surface area (Å²) in [6.45, 7) is 3.42. The largest absolute Gasteiger partial charge is 0.493 e. The van der Waals surface area contributed by atoms with E-state index in [0.717, 1.165) is 30.0 Å². The highest BCUT2D eigenvalue weighted by Gasteiger charge is 2.09.